The van der Waals surface area contributed by atoms with Crippen LogP contribution < -0.4 is 5.32 Å². The molecule has 1 aliphatic heterocycles. The molecule has 1 amide bonds. The number of nitrogens with one attached hydrogen (secondary N) is 1. The normalized spacial score (nSPS) is 18.9. The van der Waals surface area contributed by atoms with Crippen molar-refractivity contribution in [3.63, 3.8) is 0 Å². The number of esters is 1. The van der Waals surface area contributed by atoms with Gasteiger partial charge in [-0.3, -0.25) is 9.59 Å². The minimum absolute atomic E-state index is 0.0663. The first-order valence-corrected chi connectivity index (χ1v) is 11.6. The summed E-state index contributed by atoms with van der Waals surface area (Å²) in [6.07, 6.45) is 0.387. The predicted molar refractivity (Wildman–Crippen MR) is 108 cm³/mol. The Morgan fingerprint density at radius 1 is 1.07 bits per heavy atom. The third kappa shape index (κ3) is 5.84. The third-order valence-corrected chi connectivity index (χ3v) is 7.27. The van der Waals surface area contributed by atoms with Gasteiger partial charge in [-0.2, -0.15) is 0 Å². The molecule has 2 aromatic carbocycles. The average molecular weight is 420 g/mol. The summed E-state index contributed by atoms with van der Waals surface area (Å²) >= 11 is 1.35. The molecule has 0 bridgehead atoms. The van der Waals surface area contributed by atoms with Gasteiger partial charge in [-0.25, -0.2) is 8.42 Å². The molecule has 0 saturated carbocycles. The van der Waals surface area contributed by atoms with E-state index in [1.165, 1.54) is 11.8 Å². The zero-order valence-corrected chi connectivity index (χ0v) is 16.7. The van der Waals surface area contributed by atoms with Crippen molar-refractivity contribution in [3.8, 4) is 0 Å². The predicted octanol–water partition coefficient (Wildman–Crippen LogP) is 2.37. The molecular weight excluding hydrogens is 398 g/mol. The average Bonchev–Trinajstić information content (AvgIpc) is 3.04. The number of sulfone groups is 1. The molecule has 1 saturated heterocycles. The van der Waals surface area contributed by atoms with Gasteiger partial charge >= 0.3 is 5.97 Å². The van der Waals surface area contributed by atoms with Crippen LogP contribution in [0.3, 0.4) is 0 Å². The highest BCUT2D eigenvalue weighted by molar-refractivity contribution is 8.00. The number of hydrogen-bond acceptors (Lipinski definition) is 6. The number of ether oxygens (including phenoxy) is 1. The number of carbonyl (C=O) groups is 2. The second-order valence-electron chi connectivity index (χ2n) is 6.50. The lowest BCUT2D eigenvalue weighted by atomic mass is 10.1. The minimum Gasteiger partial charge on any atom is -0.454 e. The van der Waals surface area contributed by atoms with E-state index < -0.39 is 39.6 Å². The highest BCUT2D eigenvalue weighted by atomic mass is 32.2. The van der Waals surface area contributed by atoms with Gasteiger partial charge in [0.2, 0.25) is 0 Å². The molecule has 0 unspecified atom stereocenters. The van der Waals surface area contributed by atoms with E-state index in [-0.39, 0.29) is 11.5 Å². The van der Waals surface area contributed by atoms with Crippen LogP contribution in [0.25, 0.3) is 0 Å². The second kappa shape index (κ2) is 9.25. The SMILES string of the molecule is O=C(COC(=O)[C@@H](Sc1ccccc1)c1ccccc1)N[C@@H]1CCS(=O)(=O)C1. The number of benzene rings is 2. The third-order valence-electron chi connectivity index (χ3n) is 4.26. The molecule has 0 aromatic heterocycles. The monoisotopic (exact) mass is 419 g/mol. The van der Waals surface area contributed by atoms with Gasteiger partial charge in [-0.15, -0.1) is 11.8 Å². The highest BCUT2D eigenvalue weighted by Crippen LogP contribution is 2.36. The summed E-state index contributed by atoms with van der Waals surface area (Å²) < 4.78 is 28.2. The summed E-state index contributed by atoms with van der Waals surface area (Å²) in [4.78, 5) is 25.6. The molecule has 2 atom stereocenters. The Morgan fingerprint density at radius 3 is 2.32 bits per heavy atom. The summed E-state index contributed by atoms with van der Waals surface area (Å²) in [5, 5.41) is 2.01. The zero-order chi connectivity index (χ0) is 20.0. The van der Waals surface area contributed by atoms with Gasteiger partial charge in [-0.1, -0.05) is 48.5 Å². The molecular formula is C20H21NO5S2. The van der Waals surface area contributed by atoms with Crippen molar-refractivity contribution < 1.29 is 22.7 Å². The van der Waals surface area contributed by atoms with E-state index >= 15 is 0 Å². The summed E-state index contributed by atoms with van der Waals surface area (Å²) in [7, 11) is -3.08. The quantitative estimate of drug-likeness (QED) is 0.547. The van der Waals surface area contributed by atoms with E-state index in [0.717, 1.165) is 10.5 Å². The Morgan fingerprint density at radius 2 is 1.71 bits per heavy atom. The smallest absolute Gasteiger partial charge is 0.324 e. The fraction of sp³-hybridized carbons (Fsp3) is 0.300. The minimum atomic E-state index is -3.08. The van der Waals surface area contributed by atoms with Crippen molar-refractivity contribution in [2.45, 2.75) is 22.6 Å². The first-order valence-electron chi connectivity index (χ1n) is 8.86. The number of amides is 1. The van der Waals surface area contributed by atoms with Crippen LogP contribution in [0.15, 0.2) is 65.6 Å². The van der Waals surface area contributed by atoms with Crippen molar-refractivity contribution in [1.82, 2.24) is 5.32 Å². The molecule has 0 radical (unpaired) electrons. The van der Waals surface area contributed by atoms with Crippen LogP contribution >= 0.6 is 11.8 Å². The van der Waals surface area contributed by atoms with Crippen molar-refractivity contribution in [2.75, 3.05) is 18.1 Å². The molecule has 28 heavy (non-hydrogen) atoms. The van der Waals surface area contributed by atoms with E-state index in [1.807, 2.05) is 60.7 Å². The summed E-state index contributed by atoms with van der Waals surface area (Å²) in [5.41, 5.74) is 0.781. The van der Waals surface area contributed by atoms with E-state index in [0.29, 0.717) is 6.42 Å². The maximum atomic E-state index is 12.7. The molecule has 0 aliphatic carbocycles. The van der Waals surface area contributed by atoms with E-state index in [4.69, 9.17) is 4.74 Å². The molecule has 1 fully saturated rings. The molecule has 1 aliphatic rings. The van der Waals surface area contributed by atoms with Crippen LogP contribution in [0.2, 0.25) is 0 Å². The largest absolute Gasteiger partial charge is 0.454 e. The van der Waals surface area contributed by atoms with Crippen LogP contribution in [0.1, 0.15) is 17.2 Å². The Hall–Kier alpha value is -2.32. The standard InChI is InChI=1S/C20H21NO5S2/c22-18(21-16-11-12-28(24,25)14-16)13-26-20(23)19(15-7-3-1-4-8-15)27-17-9-5-2-6-10-17/h1-10,16,19H,11-14H2,(H,21,22)/t16-,19+/m1/s1. The van der Waals surface area contributed by atoms with Gasteiger partial charge in [0.05, 0.1) is 11.5 Å². The number of thioether (sulfide) groups is 1. The van der Waals surface area contributed by atoms with Crippen LogP contribution in [0.4, 0.5) is 0 Å². The molecule has 2 aromatic rings. The Kier molecular flexibility index (Phi) is 6.74. The topological polar surface area (TPSA) is 89.5 Å². The number of rotatable bonds is 7. The fourth-order valence-corrected chi connectivity index (χ4v) is 5.62. The highest BCUT2D eigenvalue weighted by Gasteiger charge is 2.29. The van der Waals surface area contributed by atoms with Gasteiger partial charge in [0, 0.05) is 10.9 Å². The number of carbonyl (C=O) groups excluding carboxylic acids is 2. The van der Waals surface area contributed by atoms with Crippen LogP contribution in [-0.4, -0.2) is 44.4 Å². The molecule has 8 heteroatoms. The van der Waals surface area contributed by atoms with E-state index in [1.54, 1.807) is 0 Å². The van der Waals surface area contributed by atoms with Crippen molar-refractivity contribution in [3.05, 3.63) is 66.2 Å². The molecule has 1 heterocycles. The molecule has 0 spiro atoms. The zero-order valence-electron chi connectivity index (χ0n) is 15.1. The lowest BCUT2D eigenvalue weighted by Gasteiger charge is -2.17. The summed E-state index contributed by atoms with van der Waals surface area (Å²) in [6, 6.07) is 18.3. The van der Waals surface area contributed by atoms with Gasteiger partial charge in [0.15, 0.2) is 16.4 Å². The Bertz CT molecular complexity index is 916. The first-order chi connectivity index (χ1) is 13.4. The molecule has 6 nitrogen and oxygen atoms in total. The molecule has 3 rings (SSSR count). The number of hydrogen-bond donors (Lipinski definition) is 1. The molecule has 1 N–H and O–H groups in total. The van der Waals surface area contributed by atoms with E-state index in [9.17, 15) is 18.0 Å². The van der Waals surface area contributed by atoms with Gasteiger partial charge in [-0.05, 0) is 24.1 Å². The van der Waals surface area contributed by atoms with Crippen LogP contribution in [-0.2, 0) is 24.2 Å². The Balaban J connectivity index is 1.60. The first kappa shape index (κ1) is 20.4. The maximum Gasteiger partial charge on any atom is 0.324 e. The second-order valence-corrected chi connectivity index (χ2v) is 9.90. The van der Waals surface area contributed by atoms with Crippen LogP contribution in [0, 0.1) is 0 Å². The van der Waals surface area contributed by atoms with Crippen molar-refractivity contribution in [1.29, 1.82) is 0 Å². The molecule has 148 valence electrons. The lowest BCUT2D eigenvalue weighted by Crippen LogP contribution is -2.38. The maximum absolute atomic E-state index is 12.7. The lowest BCUT2D eigenvalue weighted by molar-refractivity contribution is -0.148. The fourth-order valence-electron chi connectivity index (χ4n) is 2.91. The van der Waals surface area contributed by atoms with Gasteiger partial charge < -0.3 is 10.1 Å². The van der Waals surface area contributed by atoms with E-state index in [2.05, 4.69) is 5.32 Å². The van der Waals surface area contributed by atoms with Crippen molar-refractivity contribution >= 4 is 33.5 Å². The summed E-state index contributed by atoms with van der Waals surface area (Å²) in [6.45, 7) is -0.436. The van der Waals surface area contributed by atoms with Gasteiger partial charge in [0.25, 0.3) is 5.91 Å². The van der Waals surface area contributed by atoms with Gasteiger partial charge in [0.1, 0.15) is 5.25 Å². The van der Waals surface area contributed by atoms with Crippen molar-refractivity contribution in [2.24, 2.45) is 0 Å². The van der Waals surface area contributed by atoms with Crippen LogP contribution in [0.5, 0.6) is 0 Å². The Labute approximate surface area is 168 Å². The summed E-state index contributed by atoms with van der Waals surface area (Å²) in [5.74, 6) is -1.01.